The molecule has 0 aliphatic heterocycles. The van der Waals surface area contributed by atoms with Gasteiger partial charge in [-0.2, -0.15) is 0 Å². The first-order valence-electron chi connectivity index (χ1n) is 5.30. The van der Waals surface area contributed by atoms with Crippen LogP contribution in [0.1, 0.15) is 24.0 Å². The normalized spacial score (nSPS) is 18.1. The summed E-state index contributed by atoms with van der Waals surface area (Å²) in [6, 6.07) is 7.99. The number of halogens is 1. The molecular formula is C13H13ClN2. The summed E-state index contributed by atoms with van der Waals surface area (Å²) in [5, 5.41) is 15.4. The van der Waals surface area contributed by atoms with Crippen molar-refractivity contribution in [3.05, 3.63) is 47.0 Å². The summed E-state index contributed by atoms with van der Waals surface area (Å²) in [6.07, 6.45) is 4.41. The Hall–Kier alpha value is -1.41. The number of hydrogen-bond acceptors (Lipinski definition) is 2. The van der Waals surface area contributed by atoms with Gasteiger partial charge in [-0.25, -0.2) is 0 Å². The molecule has 1 aliphatic rings. The van der Waals surface area contributed by atoms with Crippen LogP contribution in [0.5, 0.6) is 0 Å². The second kappa shape index (κ2) is 4.62. The van der Waals surface area contributed by atoms with Crippen LogP contribution in [0.25, 0.3) is 0 Å². The minimum absolute atomic E-state index is 0.000805. The highest BCUT2D eigenvalue weighted by molar-refractivity contribution is 6.67. The van der Waals surface area contributed by atoms with Gasteiger partial charge in [0.25, 0.3) is 0 Å². The van der Waals surface area contributed by atoms with Crippen LogP contribution in [0.4, 0.5) is 0 Å². The first-order chi connectivity index (χ1) is 7.68. The van der Waals surface area contributed by atoms with Gasteiger partial charge in [0.2, 0.25) is 0 Å². The molecule has 3 heteroatoms. The topological polar surface area (TPSA) is 47.7 Å². The summed E-state index contributed by atoms with van der Waals surface area (Å²) in [7, 11) is 0. The van der Waals surface area contributed by atoms with E-state index in [0.29, 0.717) is 5.71 Å². The average Bonchev–Trinajstić information content (AvgIpc) is 2.40. The van der Waals surface area contributed by atoms with Crippen LogP contribution in [-0.4, -0.2) is 10.9 Å². The number of allylic oxidation sites excluding steroid dienone is 2. The Labute approximate surface area is 100.0 Å². The Balaban J connectivity index is 2.45. The van der Waals surface area contributed by atoms with Crippen LogP contribution in [0.2, 0.25) is 0 Å². The molecule has 0 radical (unpaired) electrons. The zero-order valence-electron chi connectivity index (χ0n) is 8.89. The molecule has 0 spiro atoms. The molecule has 0 unspecified atom stereocenters. The van der Waals surface area contributed by atoms with Gasteiger partial charge < -0.3 is 0 Å². The van der Waals surface area contributed by atoms with Gasteiger partial charge in [-0.3, -0.25) is 10.8 Å². The Kier molecular flexibility index (Phi) is 3.20. The van der Waals surface area contributed by atoms with E-state index >= 15 is 0 Å². The van der Waals surface area contributed by atoms with Crippen molar-refractivity contribution in [1.82, 2.24) is 0 Å². The molecule has 82 valence electrons. The van der Waals surface area contributed by atoms with E-state index in [4.69, 9.17) is 22.4 Å². The minimum atomic E-state index is -0.000805. The fourth-order valence-electron chi connectivity index (χ4n) is 2.05. The predicted molar refractivity (Wildman–Crippen MR) is 67.9 cm³/mol. The largest absolute Gasteiger partial charge is 0.300 e. The fraction of sp³-hybridized carbons (Fsp3) is 0.231. The Bertz CT molecular complexity index is 475. The SMILES string of the molecule is N=C(Cl)/C=C1/CCCc2ccccc2C1=N. The van der Waals surface area contributed by atoms with Crippen molar-refractivity contribution in [2.45, 2.75) is 19.3 Å². The molecular weight excluding hydrogens is 220 g/mol. The average molecular weight is 233 g/mol. The summed E-state index contributed by atoms with van der Waals surface area (Å²) in [6.45, 7) is 0. The van der Waals surface area contributed by atoms with Crippen molar-refractivity contribution in [2.75, 3.05) is 0 Å². The number of hydrogen-bond donors (Lipinski definition) is 2. The van der Waals surface area contributed by atoms with Crippen molar-refractivity contribution < 1.29 is 0 Å². The third kappa shape index (κ3) is 2.22. The van der Waals surface area contributed by atoms with Gasteiger partial charge in [0.05, 0.1) is 5.71 Å². The molecule has 0 saturated carbocycles. The van der Waals surface area contributed by atoms with Crippen LogP contribution < -0.4 is 0 Å². The van der Waals surface area contributed by atoms with Gasteiger partial charge in [-0.1, -0.05) is 35.9 Å². The Morgan fingerprint density at radius 3 is 2.75 bits per heavy atom. The highest BCUT2D eigenvalue weighted by atomic mass is 35.5. The molecule has 16 heavy (non-hydrogen) atoms. The van der Waals surface area contributed by atoms with E-state index in [1.807, 2.05) is 18.2 Å². The lowest BCUT2D eigenvalue weighted by molar-refractivity contribution is 0.840. The number of benzene rings is 1. The van der Waals surface area contributed by atoms with E-state index in [1.54, 1.807) is 6.08 Å². The monoisotopic (exact) mass is 232 g/mol. The van der Waals surface area contributed by atoms with E-state index in [0.717, 1.165) is 30.4 Å². The zero-order valence-corrected chi connectivity index (χ0v) is 9.64. The smallest absolute Gasteiger partial charge is 0.121 e. The van der Waals surface area contributed by atoms with Crippen molar-refractivity contribution in [1.29, 1.82) is 10.8 Å². The highest BCUT2D eigenvalue weighted by Gasteiger charge is 2.16. The lowest BCUT2D eigenvalue weighted by Gasteiger charge is -2.07. The molecule has 1 aromatic rings. The third-order valence-corrected chi connectivity index (χ3v) is 2.91. The minimum Gasteiger partial charge on any atom is -0.300 e. The summed E-state index contributed by atoms with van der Waals surface area (Å²) in [5.41, 5.74) is 3.57. The van der Waals surface area contributed by atoms with Crippen LogP contribution in [0.15, 0.2) is 35.9 Å². The maximum atomic E-state index is 8.14. The number of aryl methyl sites for hydroxylation is 1. The quantitative estimate of drug-likeness (QED) is 0.550. The summed E-state index contributed by atoms with van der Waals surface area (Å²) in [5.74, 6) is 0. The first kappa shape index (κ1) is 11.1. The van der Waals surface area contributed by atoms with E-state index in [-0.39, 0.29) is 5.17 Å². The van der Waals surface area contributed by atoms with Gasteiger partial charge in [-0.15, -0.1) is 0 Å². The van der Waals surface area contributed by atoms with Crippen molar-refractivity contribution in [3.8, 4) is 0 Å². The van der Waals surface area contributed by atoms with Gasteiger partial charge in [0, 0.05) is 5.56 Å². The van der Waals surface area contributed by atoms with E-state index in [1.165, 1.54) is 5.56 Å². The standard InChI is InChI=1S/C13H13ClN2/c14-12(15)8-10-6-3-5-9-4-1-2-7-11(9)13(10)16/h1-2,4,7-8,15-16H,3,5-6H2/b10-8-,15-12?,16-13?. The molecule has 0 heterocycles. The third-order valence-electron chi connectivity index (χ3n) is 2.80. The van der Waals surface area contributed by atoms with Gasteiger partial charge >= 0.3 is 0 Å². The van der Waals surface area contributed by atoms with E-state index in [9.17, 15) is 0 Å². The van der Waals surface area contributed by atoms with Crippen molar-refractivity contribution in [2.24, 2.45) is 0 Å². The lowest BCUT2D eigenvalue weighted by atomic mass is 9.99. The fourth-order valence-corrected chi connectivity index (χ4v) is 2.18. The molecule has 0 bridgehead atoms. The molecule has 2 nitrogen and oxygen atoms in total. The maximum Gasteiger partial charge on any atom is 0.121 e. The second-order valence-electron chi connectivity index (χ2n) is 3.90. The van der Waals surface area contributed by atoms with Crippen molar-refractivity contribution in [3.63, 3.8) is 0 Å². The highest BCUT2D eigenvalue weighted by Crippen LogP contribution is 2.24. The number of nitrogens with one attached hydrogen (secondary N) is 2. The summed E-state index contributed by atoms with van der Waals surface area (Å²) < 4.78 is 0. The molecule has 0 atom stereocenters. The molecule has 0 amide bonds. The van der Waals surface area contributed by atoms with Crippen molar-refractivity contribution >= 4 is 22.5 Å². The Morgan fingerprint density at radius 2 is 2.00 bits per heavy atom. The zero-order chi connectivity index (χ0) is 11.5. The summed E-state index contributed by atoms with van der Waals surface area (Å²) in [4.78, 5) is 0. The van der Waals surface area contributed by atoms with Crippen LogP contribution >= 0.6 is 11.6 Å². The Morgan fingerprint density at radius 1 is 1.25 bits per heavy atom. The molecule has 2 N–H and O–H groups in total. The molecule has 0 saturated heterocycles. The number of fused-ring (bicyclic) bond motifs is 1. The first-order valence-corrected chi connectivity index (χ1v) is 5.68. The van der Waals surface area contributed by atoms with E-state index < -0.39 is 0 Å². The van der Waals surface area contributed by atoms with Crippen LogP contribution in [0, 0.1) is 10.8 Å². The molecule has 1 aromatic carbocycles. The van der Waals surface area contributed by atoms with Gasteiger partial charge in [0.1, 0.15) is 5.17 Å². The molecule has 0 aromatic heterocycles. The molecule has 2 rings (SSSR count). The number of rotatable bonds is 1. The van der Waals surface area contributed by atoms with Gasteiger partial charge in [-0.05, 0) is 36.5 Å². The summed E-state index contributed by atoms with van der Waals surface area (Å²) >= 11 is 5.57. The van der Waals surface area contributed by atoms with Crippen LogP contribution in [-0.2, 0) is 6.42 Å². The van der Waals surface area contributed by atoms with Crippen LogP contribution in [0.3, 0.4) is 0 Å². The second-order valence-corrected chi connectivity index (χ2v) is 4.31. The lowest BCUT2D eigenvalue weighted by Crippen LogP contribution is -2.04. The molecule has 1 aliphatic carbocycles. The maximum absolute atomic E-state index is 8.14. The predicted octanol–water partition coefficient (Wildman–Crippen LogP) is 3.53. The van der Waals surface area contributed by atoms with E-state index in [2.05, 4.69) is 6.07 Å². The molecule has 0 fully saturated rings. The van der Waals surface area contributed by atoms with Gasteiger partial charge in [0.15, 0.2) is 0 Å².